The first kappa shape index (κ1) is 33.4. The largest absolute Gasteiger partial charge is 0.379 e. The summed E-state index contributed by atoms with van der Waals surface area (Å²) >= 11 is 6.86. The smallest absolute Gasteiger partial charge is 0.253 e. The molecule has 1 aromatic heterocycles. The van der Waals surface area contributed by atoms with Gasteiger partial charge in [0.15, 0.2) is 0 Å². The van der Waals surface area contributed by atoms with E-state index >= 15 is 0 Å². The molecular weight excluding hydrogens is 602 g/mol. The van der Waals surface area contributed by atoms with Crippen LogP contribution in [0, 0.1) is 20.8 Å². The van der Waals surface area contributed by atoms with Gasteiger partial charge in [0.2, 0.25) is 5.91 Å². The van der Waals surface area contributed by atoms with Crippen LogP contribution in [0.4, 0.5) is 5.69 Å². The van der Waals surface area contributed by atoms with Crippen LogP contribution in [0.25, 0.3) is 11.1 Å². The Balaban J connectivity index is 1.50. The van der Waals surface area contributed by atoms with Crippen molar-refractivity contribution in [1.29, 1.82) is 0 Å². The third kappa shape index (κ3) is 7.38. The third-order valence-corrected chi connectivity index (χ3v) is 9.52. The number of ether oxygens (including phenoxy) is 1. The Labute approximate surface area is 276 Å². The van der Waals surface area contributed by atoms with Gasteiger partial charge in [0.05, 0.1) is 13.2 Å². The molecule has 3 aromatic rings. The Morgan fingerprint density at radius 3 is 2.54 bits per heavy atom. The number of hydrogen-bond donors (Lipinski definition) is 2. The van der Waals surface area contributed by atoms with Gasteiger partial charge in [-0.15, -0.1) is 0 Å². The van der Waals surface area contributed by atoms with Gasteiger partial charge in [0.1, 0.15) is 0 Å². The number of nitrogens with one attached hydrogen (secondary N) is 2. The molecule has 1 atom stereocenters. The summed E-state index contributed by atoms with van der Waals surface area (Å²) in [6.07, 6.45) is 2.18. The minimum absolute atomic E-state index is 0.0720. The molecule has 0 saturated carbocycles. The van der Waals surface area contributed by atoms with Crippen LogP contribution in [0.2, 0.25) is 5.02 Å². The second-order valence-corrected chi connectivity index (χ2v) is 12.6. The number of morpholine rings is 1. The van der Waals surface area contributed by atoms with Crippen molar-refractivity contribution < 1.29 is 14.3 Å². The summed E-state index contributed by atoms with van der Waals surface area (Å²) in [6.45, 7) is 17.4. The van der Waals surface area contributed by atoms with E-state index in [0.717, 1.165) is 78.5 Å². The van der Waals surface area contributed by atoms with Crippen molar-refractivity contribution in [2.24, 2.45) is 0 Å². The Morgan fingerprint density at radius 2 is 1.87 bits per heavy atom. The minimum Gasteiger partial charge on any atom is -0.379 e. The van der Waals surface area contributed by atoms with Gasteiger partial charge < -0.3 is 24.8 Å². The number of likely N-dealkylation sites (tertiary alicyclic amines) is 1. The van der Waals surface area contributed by atoms with Crippen molar-refractivity contribution in [1.82, 2.24) is 20.1 Å². The van der Waals surface area contributed by atoms with Crippen LogP contribution in [-0.2, 0) is 22.6 Å². The molecule has 2 aromatic carbocycles. The lowest BCUT2D eigenvalue weighted by Gasteiger charge is -2.32. The second kappa shape index (κ2) is 14.7. The van der Waals surface area contributed by atoms with E-state index in [2.05, 4.69) is 51.8 Å². The number of aromatic nitrogens is 1. The number of likely N-dealkylation sites (N-methyl/N-ethyl adjacent to an activating group) is 1. The standard InChI is InChI=1S/C36H44ClN5O4/c1-6-34(43)41-11-10-29(22-41)42(7-2)33-19-28(26-8-9-27(32(37)18-26)21-40-12-14-46-15-13-40)17-30(25(33)5)35(44)38-20-31-23(3)16-24(4)39-36(31)45/h6,8-9,16-19,29H,1,7,10-15,20-22H2,2-5H3,(H,38,44)(H,39,45). The highest BCUT2D eigenvalue weighted by molar-refractivity contribution is 6.31. The van der Waals surface area contributed by atoms with Crippen LogP contribution < -0.4 is 15.8 Å². The molecule has 2 saturated heterocycles. The molecular formula is C36H44ClN5O4. The number of amides is 2. The molecule has 10 heteroatoms. The molecule has 2 fully saturated rings. The number of carbonyl (C=O) groups excluding carboxylic acids is 2. The van der Waals surface area contributed by atoms with E-state index < -0.39 is 0 Å². The summed E-state index contributed by atoms with van der Waals surface area (Å²) in [6, 6.07) is 12.1. The Bertz CT molecular complexity index is 1680. The number of halogens is 1. The zero-order valence-electron chi connectivity index (χ0n) is 27.2. The summed E-state index contributed by atoms with van der Waals surface area (Å²) in [5.74, 6) is -0.335. The maximum Gasteiger partial charge on any atom is 0.253 e. The summed E-state index contributed by atoms with van der Waals surface area (Å²) in [7, 11) is 0. The monoisotopic (exact) mass is 645 g/mol. The van der Waals surface area contributed by atoms with Crippen LogP contribution in [0.15, 0.2) is 53.8 Å². The molecule has 0 radical (unpaired) electrons. The zero-order valence-corrected chi connectivity index (χ0v) is 28.0. The van der Waals surface area contributed by atoms with Gasteiger partial charge in [0.25, 0.3) is 11.5 Å². The highest BCUT2D eigenvalue weighted by Crippen LogP contribution is 2.35. The third-order valence-electron chi connectivity index (χ3n) is 9.17. The van der Waals surface area contributed by atoms with Crippen molar-refractivity contribution in [3.05, 3.63) is 97.9 Å². The first-order chi connectivity index (χ1) is 22.1. The average Bonchev–Trinajstić information content (AvgIpc) is 3.52. The highest BCUT2D eigenvalue weighted by Gasteiger charge is 2.31. The SMILES string of the molecule is C=CC(=O)N1CCC(N(CC)c2cc(-c3ccc(CN4CCOCC4)c(Cl)c3)cc(C(=O)NCc3c(C)cc(C)[nH]c3=O)c2C)C1. The van der Waals surface area contributed by atoms with Gasteiger partial charge in [-0.05, 0) is 92.3 Å². The molecule has 3 heterocycles. The van der Waals surface area contributed by atoms with Gasteiger partial charge in [-0.2, -0.15) is 0 Å². The lowest BCUT2D eigenvalue weighted by atomic mass is 9.95. The van der Waals surface area contributed by atoms with E-state index in [-0.39, 0.29) is 30.0 Å². The molecule has 0 bridgehead atoms. The van der Waals surface area contributed by atoms with E-state index in [4.69, 9.17) is 16.3 Å². The molecule has 2 aliphatic heterocycles. The van der Waals surface area contributed by atoms with Crippen LogP contribution in [0.5, 0.6) is 0 Å². The molecule has 2 N–H and O–H groups in total. The first-order valence-corrected chi connectivity index (χ1v) is 16.4. The van der Waals surface area contributed by atoms with Crippen LogP contribution in [0.1, 0.15) is 51.7 Å². The Kier molecular flexibility index (Phi) is 10.7. The lowest BCUT2D eigenvalue weighted by molar-refractivity contribution is -0.125. The van der Waals surface area contributed by atoms with E-state index in [0.29, 0.717) is 35.8 Å². The number of anilines is 1. The molecule has 244 valence electrons. The van der Waals surface area contributed by atoms with Crippen LogP contribution in [0.3, 0.4) is 0 Å². The van der Waals surface area contributed by atoms with Gasteiger partial charge in [-0.3, -0.25) is 19.3 Å². The Morgan fingerprint density at radius 1 is 1.11 bits per heavy atom. The second-order valence-electron chi connectivity index (χ2n) is 12.2. The topological polar surface area (TPSA) is 98.0 Å². The summed E-state index contributed by atoms with van der Waals surface area (Å²) < 4.78 is 5.49. The van der Waals surface area contributed by atoms with E-state index in [1.807, 2.05) is 43.9 Å². The quantitative estimate of drug-likeness (QED) is 0.302. The van der Waals surface area contributed by atoms with E-state index in [1.54, 1.807) is 0 Å². The van der Waals surface area contributed by atoms with Crippen molar-refractivity contribution >= 4 is 29.1 Å². The summed E-state index contributed by atoms with van der Waals surface area (Å²) in [5.41, 5.74) is 7.05. The number of hydrogen-bond acceptors (Lipinski definition) is 6. The number of aromatic amines is 1. The highest BCUT2D eigenvalue weighted by atomic mass is 35.5. The number of H-pyrrole nitrogens is 1. The molecule has 5 rings (SSSR count). The fraction of sp³-hybridized carbons (Fsp3) is 0.417. The van der Waals surface area contributed by atoms with Crippen LogP contribution >= 0.6 is 11.6 Å². The molecule has 9 nitrogen and oxygen atoms in total. The van der Waals surface area contributed by atoms with Gasteiger partial charge in [0, 0.05) is 79.4 Å². The predicted octanol–water partition coefficient (Wildman–Crippen LogP) is 5.00. The predicted molar refractivity (Wildman–Crippen MR) is 184 cm³/mol. The van der Waals surface area contributed by atoms with Gasteiger partial charge in [-0.25, -0.2) is 0 Å². The fourth-order valence-corrected chi connectivity index (χ4v) is 6.81. The van der Waals surface area contributed by atoms with Gasteiger partial charge >= 0.3 is 0 Å². The minimum atomic E-state index is -0.263. The molecule has 1 unspecified atom stereocenters. The number of rotatable bonds is 10. The Hall–Kier alpha value is -3.92. The lowest BCUT2D eigenvalue weighted by Crippen LogP contribution is -2.39. The normalized spacial score (nSPS) is 16.8. The zero-order chi connectivity index (χ0) is 33.0. The van der Waals surface area contributed by atoms with Crippen molar-refractivity contribution in [2.75, 3.05) is 50.8 Å². The van der Waals surface area contributed by atoms with E-state index in [9.17, 15) is 14.4 Å². The average molecular weight is 646 g/mol. The molecule has 2 amide bonds. The summed E-state index contributed by atoms with van der Waals surface area (Å²) in [5, 5.41) is 3.68. The number of nitrogens with zero attached hydrogens (tertiary/aromatic N) is 3. The number of benzene rings is 2. The maximum absolute atomic E-state index is 13.9. The van der Waals surface area contributed by atoms with Crippen molar-refractivity contribution in [3.63, 3.8) is 0 Å². The van der Waals surface area contributed by atoms with Crippen LogP contribution in [-0.4, -0.2) is 78.6 Å². The molecule has 0 spiro atoms. The summed E-state index contributed by atoms with van der Waals surface area (Å²) in [4.78, 5) is 48.2. The number of carbonyl (C=O) groups is 2. The molecule has 0 aliphatic carbocycles. The van der Waals surface area contributed by atoms with Crippen molar-refractivity contribution in [2.45, 2.75) is 53.2 Å². The molecule has 46 heavy (non-hydrogen) atoms. The maximum atomic E-state index is 13.9. The van der Waals surface area contributed by atoms with E-state index in [1.165, 1.54) is 6.08 Å². The number of aryl methyl sites for hydroxylation is 2. The first-order valence-electron chi connectivity index (χ1n) is 16.0. The number of pyridine rings is 1. The fourth-order valence-electron chi connectivity index (χ4n) is 6.57. The van der Waals surface area contributed by atoms with Gasteiger partial charge in [-0.1, -0.05) is 30.3 Å². The van der Waals surface area contributed by atoms with Crippen molar-refractivity contribution in [3.8, 4) is 11.1 Å². The molecule has 2 aliphatic rings.